The fourth-order valence-corrected chi connectivity index (χ4v) is 2.80. The summed E-state index contributed by atoms with van der Waals surface area (Å²) < 4.78 is 0. The number of aliphatic carboxylic acids is 1. The number of aromatic amines is 1. The molecule has 1 aromatic heterocycles. The van der Waals surface area contributed by atoms with Crippen molar-refractivity contribution in [2.24, 2.45) is 0 Å². The van der Waals surface area contributed by atoms with E-state index >= 15 is 0 Å². The number of carbonyl (C=O) groups excluding carboxylic acids is 1. The van der Waals surface area contributed by atoms with E-state index in [0.717, 1.165) is 10.8 Å². The van der Waals surface area contributed by atoms with Gasteiger partial charge in [-0.15, -0.1) is 0 Å². The molecule has 0 aliphatic carbocycles. The minimum Gasteiger partial charge on any atom is -0.480 e. The maximum atomic E-state index is 12.2. The molecule has 7 heteroatoms. The van der Waals surface area contributed by atoms with Gasteiger partial charge in [-0.25, -0.2) is 4.79 Å². The molecular formula is C17H14N2O4S. The molecule has 3 N–H and O–H groups in total. The molecule has 0 fully saturated rings. The van der Waals surface area contributed by atoms with E-state index in [1.165, 1.54) is 6.07 Å². The Hall–Kier alpha value is -2.80. The largest absolute Gasteiger partial charge is 0.480 e. The lowest BCUT2D eigenvalue weighted by Gasteiger charge is -2.12. The van der Waals surface area contributed by atoms with Gasteiger partial charge in [0, 0.05) is 27.6 Å². The van der Waals surface area contributed by atoms with Crippen LogP contribution in [0.5, 0.6) is 0 Å². The van der Waals surface area contributed by atoms with Crippen LogP contribution >= 0.6 is 12.6 Å². The first kappa shape index (κ1) is 16.1. The zero-order chi connectivity index (χ0) is 17.3. The van der Waals surface area contributed by atoms with Crippen LogP contribution in [-0.4, -0.2) is 33.8 Å². The smallest absolute Gasteiger partial charge is 0.327 e. The van der Waals surface area contributed by atoms with Gasteiger partial charge in [0.05, 0.1) is 0 Å². The average Bonchev–Trinajstić information content (AvgIpc) is 2.59. The van der Waals surface area contributed by atoms with Gasteiger partial charge >= 0.3 is 5.97 Å². The quantitative estimate of drug-likeness (QED) is 0.429. The number of rotatable bonds is 4. The van der Waals surface area contributed by atoms with Gasteiger partial charge in [0.15, 0.2) is 0 Å². The van der Waals surface area contributed by atoms with Crippen molar-refractivity contribution in [3.63, 3.8) is 0 Å². The highest BCUT2D eigenvalue weighted by Crippen LogP contribution is 2.22. The molecule has 0 spiro atoms. The standard InChI is InChI=1S/C17H14N2O4S/c20-15(19-14(8-24)17(22)23)9-5-6-11-10-3-1-2-4-12(10)16(21)18-13(11)7-9/h1-7,14,24H,8H2,(H,18,21)(H,19,20)(H,22,23). The molecule has 3 aromatic rings. The van der Waals surface area contributed by atoms with E-state index in [-0.39, 0.29) is 16.9 Å². The Labute approximate surface area is 141 Å². The molecule has 6 nitrogen and oxygen atoms in total. The molecule has 1 heterocycles. The van der Waals surface area contributed by atoms with Crippen LogP contribution < -0.4 is 10.9 Å². The van der Waals surface area contributed by atoms with Gasteiger partial charge in [0.1, 0.15) is 6.04 Å². The van der Waals surface area contributed by atoms with E-state index in [4.69, 9.17) is 5.11 Å². The van der Waals surface area contributed by atoms with Crippen LogP contribution in [0, 0.1) is 0 Å². The summed E-state index contributed by atoms with van der Waals surface area (Å²) in [5.41, 5.74) is 0.542. The van der Waals surface area contributed by atoms with Crippen LogP contribution in [0.2, 0.25) is 0 Å². The minimum atomic E-state index is -1.15. The number of carbonyl (C=O) groups is 2. The zero-order valence-electron chi connectivity index (χ0n) is 12.4. The Bertz CT molecular complexity index is 1010. The van der Waals surface area contributed by atoms with Crippen molar-refractivity contribution < 1.29 is 14.7 Å². The van der Waals surface area contributed by atoms with Crippen LogP contribution in [-0.2, 0) is 4.79 Å². The van der Waals surface area contributed by atoms with Gasteiger partial charge in [0.2, 0.25) is 0 Å². The summed E-state index contributed by atoms with van der Waals surface area (Å²) in [6, 6.07) is 11.0. The number of carboxylic acids is 1. The summed E-state index contributed by atoms with van der Waals surface area (Å²) in [5, 5.41) is 13.6. The first-order valence-electron chi connectivity index (χ1n) is 7.20. The molecule has 0 bridgehead atoms. The molecule has 24 heavy (non-hydrogen) atoms. The topological polar surface area (TPSA) is 99.3 Å². The normalized spacial score (nSPS) is 12.2. The molecule has 0 radical (unpaired) electrons. The number of fused-ring (bicyclic) bond motifs is 3. The summed E-state index contributed by atoms with van der Waals surface area (Å²) in [5.74, 6) is -1.71. The van der Waals surface area contributed by atoms with Crippen LogP contribution in [0.15, 0.2) is 47.3 Å². The van der Waals surface area contributed by atoms with E-state index in [9.17, 15) is 14.4 Å². The van der Waals surface area contributed by atoms with Gasteiger partial charge in [-0.3, -0.25) is 9.59 Å². The predicted molar refractivity (Wildman–Crippen MR) is 94.8 cm³/mol. The summed E-state index contributed by atoms with van der Waals surface area (Å²) in [6.07, 6.45) is 0. The molecule has 122 valence electrons. The Morgan fingerprint density at radius 2 is 1.83 bits per heavy atom. The van der Waals surface area contributed by atoms with E-state index in [0.29, 0.717) is 10.9 Å². The number of amides is 1. The van der Waals surface area contributed by atoms with Crippen LogP contribution in [0.4, 0.5) is 0 Å². The first-order chi connectivity index (χ1) is 11.5. The number of thiol groups is 1. The molecule has 1 atom stereocenters. The number of hydrogen-bond donors (Lipinski definition) is 4. The minimum absolute atomic E-state index is 0.0177. The second-order valence-corrected chi connectivity index (χ2v) is 5.67. The second-order valence-electron chi connectivity index (χ2n) is 5.31. The van der Waals surface area contributed by atoms with Gasteiger partial charge in [-0.05, 0) is 23.6 Å². The van der Waals surface area contributed by atoms with Crippen molar-refractivity contribution in [2.45, 2.75) is 6.04 Å². The van der Waals surface area contributed by atoms with Crippen LogP contribution in [0.3, 0.4) is 0 Å². The Morgan fingerprint density at radius 1 is 1.12 bits per heavy atom. The molecular weight excluding hydrogens is 328 g/mol. The highest BCUT2D eigenvalue weighted by Gasteiger charge is 2.19. The molecule has 2 aromatic carbocycles. The van der Waals surface area contributed by atoms with Gasteiger partial charge in [-0.1, -0.05) is 24.3 Å². The van der Waals surface area contributed by atoms with Crippen molar-refractivity contribution in [3.05, 3.63) is 58.4 Å². The van der Waals surface area contributed by atoms with E-state index in [1.54, 1.807) is 24.3 Å². The summed E-state index contributed by atoms with van der Waals surface area (Å²) >= 11 is 3.91. The first-order valence-corrected chi connectivity index (χ1v) is 7.84. The number of hydrogen-bond acceptors (Lipinski definition) is 4. The number of nitrogens with one attached hydrogen (secondary N) is 2. The summed E-state index contributed by atoms with van der Waals surface area (Å²) in [7, 11) is 0. The van der Waals surface area contributed by atoms with E-state index < -0.39 is 17.9 Å². The molecule has 1 unspecified atom stereocenters. The van der Waals surface area contributed by atoms with Gasteiger partial charge in [-0.2, -0.15) is 12.6 Å². The SMILES string of the molecule is O=C(NC(CS)C(=O)O)c1ccc2c(c1)[nH]c(=O)c1ccccc12. The number of benzene rings is 2. The van der Waals surface area contributed by atoms with Crippen LogP contribution in [0.25, 0.3) is 21.7 Å². The third kappa shape index (κ3) is 2.85. The molecule has 0 saturated heterocycles. The Balaban J connectivity index is 2.06. The highest BCUT2D eigenvalue weighted by atomic mass is 32.1. The lowest BCUT2D eigenvalue weighted by atomic mass is 10.0. The molecule has 0 aliphatic rings. The fourth-order valence-electron chi connectivity index (χ4n) is 2.56. The second kappa shape index (κ2) is 6.37. The zero-order valence-corrected chi connectivity index (χ0v) is 13.3. The van der Waals surface area contributed by atoms with Gasteiger partial charge in [0.25, 0.3) is 11.5 Å². The summed E-state index contributed by atoms with van der Waals surface area (Å²) in [6.45, 7) is 0. The maximum Gasteiger partial charge on any atom is 0.327 e. The van der Waals surface area contributed by atoms with Crippen molar-refractivity contribution in [2.75, 3.05) is 5.75 Å². The number of carboxylic acid groups (broad SMARTS) is 1. The third-order valence-corrected chi connectivity index (χ3v) is 4.14. The number of H-pyrrole nitrogens is 1. The number of pyridine rings is 1. The lowest BCUT2D eigenvalue weighted by molar-refractivity contribution is -0.138. The third-order valence-electron chi connectivity index (χ3n) is 3.78. The van der Waals surface area contributed by atoms with Crippen molar-refractivity contribution in [3.8, 4) is 0 Å². The van der Waals surface area contributed by atoms with Crippen LogP contribution in [0.1, 0.15) is 10.4 Å². The monoisotopic (exact) mass is 342 g/mol. The molecule has 0 aliphatic heterocycles. The molecule has 3 rings (SSSR count). The Kier molecular flexibility index (Phi) is 4.26. The van der Waals surface area contributed by atoms with Crippen molar-refractivity contribution in [1.29, 1.82) is 0 Å². The fraction of sp³-hybridized carbons (Fsp3) is 0.118. The summed E-state index contributed by atoms with van der Waals surface area (Å²) in [4.78, 5) is 38.1. The maximum absolute atomic E-state index is 12.2. The molecule has 1 amide bonds. The predicted octanol–water partition coefficient (Wildman–Crippen LogP) is 1.79. The van der Waals surface area contributed by atoms with E-state index in [2.05, 4.69) is 22.9 Å². The highest BCUT2D eigenvalue weighted by molar-refractivity contribution is 7.80. The Morgan fingerprint density at radius 3 is 2.50 bits per heavy atom. The number of aromatic nitrogens is 1. The van der Waals surface area contributed by atoms with E-state index in [1.807, 2.05) is 12.1 Å². The average molecular weight is 342 g/mol. The molecule has 0 saturated carbocycles. The van der Waals surface area contributed by atoms with Crippen molar-refractivity contribution >= 4 is 46.2 Å². The lowest BCUT2D eigenvalue weighted by Crippen LogP contribution is -2.42. The van der Waals surface area contributed by atoms with Crippen molar-refractivity contribution in [1.82, 2.24) is 10.3 Å². The van der Waals surface area contributed by atoms with Gasteiger partial charge < -0.3 is 15.4 Å².